The van der Waals surface area contributed by atoms with Gasteiger partial charge in [-0.05, 0) is 25.1 Å². The summed E-state index contributed by atoms with van der Waals surface area (Å²) in [5.41, 5.74) is 7.38. The van der Waals surface area contributed by atoms with Gasteiger partial charge in [-0.15, -0.1) is 0 Å². The molecule has 16 heavy (non-hydrogen) atoms. The molecule has 0 radical (unpaired) electrons. The zero-order valence-corrected chi connectivity index (χ0v) is 8.86. The first-order valence-corrected chi connectivity index (χ1v) is 4.88. The molecule has 2 rings (SSSR count). The molecule has 4 heteroatoms. The Hall–Kier alpha value is -2.23. The summed E-state index contributed by atoms with van der Waals surface area (Å²) >= 11 is 0. The van der Waals surface area contributed by atoms with Gasteiger partial charge in [-0.3, -0.25) is 4.79 Å². The molecule has 82 valence electrons. The molecule has 2 aromatic rings. The topological polar surface area (TPSA) is 68.3 Å². The lowest BCUT2D eigenvalue weighted by molar-refractivity contribution is 0.102. The number of nitrogens with two attached hydrogens (primary N) is 1. The molecular formula is C12H12N2O2. The van der Waals surface area contributed by atoms with Gasteiger partial charge in [-0.25, -0.2) is 0 Å². The van der Waals surface area contributed by atoms with E-state index in [9.17, 15) is 4.79 Å². The number of carbonyl (C=O) groups excluding carboxylic acids is 1. The molecule has 0 atom stereocenters. The maximum absolute atomic E-state index is 11.8. The van der Waals surface area contributed by atoms with Gasteiger partial charge in [0.1, 0.15) is 5.76 Å². The van der Waals surface area contributed by atoms with Crippen LogP contribution in [-0.2, 0) is 0 Å². The van der Waals surface area contributed by atoms with Gasteiger partial charge >= 0.3 is 0 Å². The highest BCUT2D eigenvalue weighted by atomic mass is 16.3. The minimum absolute atomic E-state index is 0.218. The minimum atomic E-state index is -0.218. The number of carbonyl (C=O) groups is 1. The second-order valence-electron chi connectivity index (χ2n) is 3.43. The minimum Gasteiger partial charge on any atom is -0.469 e. The molecule has 3 N–H and O–H groups in total. The van der Waals surface area contributed by atoms with Crippen LogP contribution in [0.25, 0.3) is 0 Å². The highest BCUT2D eigenvalue weighted by molar-refractivity contribution is 6.06. The van der Waals surface area contributed by atoms with E-state index in [2.05, 4.69) is 5.32 Å². The summed E-state index contributed by atoms with van der Waals surface area (Å²) in [7, 11) is 0. The Kier molecular flexibility index (Phi) is 2.64. The Balaban J connectivity index is 2.21. The number of hydrogen-bond acceptors (Lipinski definition) is 3. The van der Waals surface area contributed by atoms with E-state index in [4.69, 9.17) is 10.2 Å². The van der Waals surface area contributed by atoms with Crippen LogP contribution in [0.1, 0.15) is 16.1 Å². The molecule has 1 aromatic heterocycles. The molecule has 0 aliphatic rings. The summed E-state index contributed by atoms with van der Waals surface area (Å²) in [5.74, 6) is 0.371. The standard InChI is InChI=1S/C12H12N2O2/c1-8-9(6-7-16-8)12(15)14-11-5-3-2-4-10(11)13/h2-7H,13H2,1H3,(H,14,15). The number of benzene rings is 1. The molecule has 0 saturated heterocycles. The molecule has 1 heterocycles. The van der Waals surface area contributed by atoms with Crippen molar-refractivity contribution >= 4 is 17.3 Å². The van der Waals surface area contributed by atoms with E-state index in [1.807, 2.05) is 12.1 Å². The lowest BCUT2D eigenvalue weighted by Crippen LogP contribution is -2.13. The Morgan fingerprint density at radius 2 is 2.06 bits per heavy atom. The maximum Gasteiger partial charge on any atom is 0.259 e. The predicted octanol–water partition coefficient (Wildman–Crippen LogP) is 2.42. The number of hydrogen-bond donors (Lipinski definition) is 2. The number of rotatable bonds is 2. The number of amides is 1. The number of nitrogens with one attached hydrogen (secondary N) is 1. The summed E-state index contributed by atoms with van der Waals surface area (Å²) in [6, 6.07) is 8.74. The van der Waals surface area contributed by atoms with Crippen molar-refractivity contribution in [3.8, 4) is 0 Å². The fraction of sp³-hybridized carbons (Fsp3) is 0.0833. The number of anilines is 2. The highest BCUT2D eigenvalue weighted by Gasteiger charge is 2.12. The summed E-state index contributed by atoms with van der Waals surface area (Å²) in [4.78, 5) is 11.8. The van der Waals surface area contributed by atoms with Crippen molar-refractivity contribution in [2.24, 2.45) is 0 Å². The number of furan rings is 1. The molecule has 0 bridgehead atoms. The Bertz CT molecular complexity index is 517. The SMILES string of the molecule is Cc1occc1C(=O)Nc1ccccc1N. The third-order valence-electron chi connectivity index (χ3n) is 2.31. The molecular weight excluding hydrogens is 204 g/mol. The van der Waals surface area contributed by atoms with Gasteiger partial charge in [0.2, 0.25) is 0 Å². The first-order chi connectivity index (χ1) is 7.68. The fourth-order valence-corrected chi connectivity index (χ4v) is 1.42. The van der Waals surface area contributed by atoms with E-state index in [-0.39, 0.29) is 5.91 Å². The fourth-order valence-electron chi connectivity index (χ4n) is 1.42. The summed E-state index contributed by atoms with van der Waals surface area (Å²) in [5, 5.41) is 2.73. The van der Waals surface area contributed by atoms with Crippen LogP contribution >= 0.6 is 0 Å². The van der Waals surface area contributed by atoms with E-state index in [1.165, 1.54) is 6.26 Å². The van der Waals surface area contributed by atoms with Crippen molar-refractivity contribution in [1.29, 1.82) is 0 Å². The smallest absolute Gasteiger partial charge is 0.259 e. The zero-order chi connectivity index (χ0) is 11.5. The van der Waals surface area contributed by atoms with Crippen molar-refractivity contribution in [2.75, 3.05) is 11.1 Å². The van der Waals surface area contributed by atoms with Crippen LogP contribution < -0.4 is 11.1 Å². The third-order valence-corrected chi connectivity index (χ3v) is 2.31. The van der Waals surface area contributed by atoms with E-state index in [0.29, 0.717) is 22.7 Å². The lowest BCUT2D eigenvalue weighted by atomic mass is 10.2. The van der Waals surface area contributed by atoms with Gasteiger partial charge in [0.05, 0.1) is 23.2 Å². The molecule has 1 aromatic carbocycles. The first-order valence-electron chi connectivity index (χ1n) is 4.88. The van der Waals surface area contributed by atoms with Crippen LogP contribution in [0.15, 0.2) is 41.0 Å². The third kappa shape index (κ3) is 1.91. The second kappa shape index (κ2) is 4.10. The van der Waals surface area contributed by atoms with E-state index in [0.717, 1.165) is 0 Å². The quantitative estimate of drug-likeness (QED) is 0.757. The number of nitrogen functional groups attached to an aromatic ring is 1. The Morgan fingerprint density at radius 3 is 2.69 bits per heavy atom. The van der Waals surface area contributed by atoms with Gasteiger partial charge in [0.25, 0.3) is 5.91 Å². The van der Waals surface area contributed by atoms with Crippen molar-refractivity contribution in [1.82, 2.24) is 0 Å². The van der Waals surface area contributed by atoms with Crippen LogP contribution in [0, 0.1) is 6.92 Å². The summed E-state index contributed by atoms with van der Waals surface area (Å²) in [6.07, 6.45) is 1.48. The van der Waals surface area contributed by atoms with Crippen LogP contribution in [0.5, 0.6) is 0 Å². The normalized spacial score (nSPS) is 10.1. The van der Waals surface area contributed by atoms with Crippen molar-refractivity contribution in [2.45, 2.75) is 6.92 Å². The summed E-state index contributed by atoms with van der Waals surface area (Å²) in [6.45, 7) is 1.74. The molecule has 0 fully saturated rings. The zero-order valence-electron chi connectivity index (χ0n) is 8.86. The van der Waals surface area contributed by atoms with Crippen LogP contribution in [0.2, 0.25) is 0 Å². The molecule has 0 aliphatic heterocycles. The van der Waals surface area contributed by atoms with Crippen LogP contribution in [0.3, 0.4) is 0 Å². The molecule has 0 unspecified atom stereocenters. The van der Waals surface area contributed by atoms with Gasteiger partial charge in [0, 0.05) is 0 Å². The first kappa shape index (κ1) is 10.3. The van der Waals surface area contributed by atoms with Gasteiger partial charge in [-0.1, -0.05) is 12.1 Å². The predicted molar refractivity (Wildman–Crippen MR) is 62.3 cm³/mol. The van der Waals surface area contributed by atoms with E-state index in [1.54, 1.807) is 25.1 Å². The van der Waals surface area contributed by atoms with Crippen molar-refractivity contribution in [3.05, 3.63) is 47.9 Å². The number of aryl methyl sites for hydroxylation is 1. The van der Waals surface area contributed by atoms with Crippen LogP contribution in [0.4, 0.5) is 11.4 Å². The Morgan fingerprint density at radius 1 is 1.31 bits per heavy atom. The van der Waals surface area contributed by atoms with Gasteiger partial charge in [-0.2, -0.15) is 0 Å². The second-order valence-corrected chi connectivity index (χ2v) is 3.43. The van der Waals surface area contributed by atoms with Crippen LogP contribution in [-0.4, -0.2) is 5.91 Å². The highest BCUT2D eigenvalue weighted by Crippen LogP contribution is 2.18. The van der Waals surface area contributed by atoms with Gasteiger partial charge < -0.3 is 15.5 Å². The molecule has 1 amide bonds. The molecule has 0 spiro atoms. The average Bonchev–Trinajstić information content (AvgIpc) is 2.68. The van der Waals surface area contributed by atoms with Gasteiger partial charge in [0.15, 0.2) is 0 Å². The van der Waals surface area contributed by atoms with E-state index < -0.39 is 0 Å². The lowest BCUT2D eigenvalue weighted by Gasteiger charge is -2.06. The van der Waals surface area contributed by atoms with E-state index >= 15 is 0 Å². The summed E-state index contributed by atoms with van der Waals surface area (Å²) < 4.78 is 5.06. The molecule has 0 saturated carbocycles. The molecule has 0 aliphatic carbocycles. The largest absolute Gasteiger partial charge is 0.469 e. The molecule has 4 nitrogen and oxygen atoms in total. The number of para-hydroxylation sites is 2. The average molecular weight is 216 g/mol. The maximum atomic E-state index is 11.8. The van der Waals surface area contributed by atoms with Crippen molar-refractivity contribution < 1.29 is 9.21 Å². The Labute approximate surface area is 93.1 Å². The van der Waals surface area contributed by atoms with Crippen molar-refractivity contribution in [3.63, 3.8) is 0 Å². The monoisotopic (exact) mass is 216 g/mol.